The van der Waals surface area contributed by atoms with Gasteiger partial charge >= 0.3 is 0 Å². The highest BCUT2D eigenvalue weighted by Gasteiger charge is 1.78. The maximum atomic E-state index is 3.91. The van der Waals surface area contributed by atoms with Crippen molar-refractivity contribution in [2.45, 2.75) is 0 Å². The Morgan fingerprint density at radius 3 is 2.86 bits per heavy atom. The number of rotatable bonds is 1. The summed E-state index contributed by atoms with van der Waals surface area (Å²) in [6.45, 7) is 0. The van der Waals surface area contributed by atoms with Gasteiger partial charge in [-0.25, -0.2) is 4.09 Å². The maximum Gasteiger partial charge on any atom is 0.0500 e. The molecular weight excluding hydrogens is 108 g/mol. The quantitative estimate of drug-likeness (QED) is 0.542. The van der Waals surface area contributed by atoms with Crippen molar-refractivity contribution in [1.29, 1.82) is 0 Å². The van der Waals surface area contributed by atoms with Crippen LogP contribution in [0.1, 0.15) is 0 Å². The SMILES string of the molecule is CSn1cccn1. The zero-order valence-electron chi connectivity index (χ0n) is 4.03. The molecule has 1 rings (SSSR count). The second-order valence-electron chi connectivity index (χ2n) is 1.09. The van der Waals surface area contributed by atoms with E-state index in [4.69, 9.17) is 0 Å². The molecule has 7 heavy (non-hydrogen) atoms. The number of nitrogens with zero attached hydrogens (tertiary/aromatic N) is 2. The Bertz CT molecular complexity index is 124. The summed E-state index contributed by atoms with van der Waals surface area (Å²) in [5, 5.41) is 3.91. The standard InChI is InChI=1S/C4H6N2S/c1-7-6-4-2-3-5-6/h2-4H,1H3. The molecule has 1 aromatic rings. The molecule has 0 saturated heterocycles. The van der Waals surface area contributed by atoms with Crippen LogP contribution in [0.25, 0.3) is 0 Å². The topological polar surface area (TPSA) is 17.8 Å². The lowest BCUT2D eigenvalue weighted by molar-refractivity contribution is 1.01. The predicted octanol–water partition coefficient (Wildman–Crippen LogP) is 1.01. The lowest BCUT2D eigenvalue weighted by atomic mass is 10.8. The van der Waals surface area contributed by atoms with Crippen LogP contribution < -0.4 is 0 Å². The van der Waals surface area contributed by atoms with E-state index in [1.54, 1.807) is 22.2 Å². The van der Waals surface area contributed by atoms with Crippen molar-refractivity contribution in [3.63, 3.8) is 0 Å². The molecule has 1 aromatic heterocycles. The summed E-state index contributed by atoms with van der Waals surface area (Å²) in [6, 6.07) is 1.90. The normalized spacial score (nSPS) is 9.29. The van der Waals surface area contributed by atoms with E-state index in [1.165, 1.54) is 0 Å². The maximum absolute atomic E-state index is 3.91. The molecule has 3 heteroatoms. The Hall–Kier alpha value is -0.440. The van der Waals surface area contributed by atoms with Crippen LogP contribution in [0.4, 0.5) is 0 Å². The van der Waals surface area contributed by atoms with Gasteiger partial charge < -0.3 is 0 Å². The molecule has 0 bridgehead atoms. The summed E-state index contributed by atoms with van der Waals surface area (Å²) in [4.78, 5) is 0. The van der Waals surface area contributed by atoms with Crippen molar-refractivity contribution < 1.29 is 0 Å². The first-order valence-electron chi connectivity index (χ1n) is 1.97. The van der Waals surface area contributed by atoms with E-state index in [-0.39, 0.29) is 0 Å². The van der Waals surface area contributed by atoms with Gasteiger partial charge in [0.15, 0.2) is 0 Å². The second kappa shape index (κ2) is 2.02. The van der Waals surface area contributed by atoms with Gasteiger partial charge in [0.05, 0.1) is 0 Å². The minimum absolute atomic E-state index is 1.58. The Morgan fingerprint density at radius 2 is 2.57 bits per heavy atom. The van der Waals surface area contributed by atoms with Crippen LogP contribution in [0.15, 0.2) is 18.5 Å². The van der Waals surface area contributed by atoms with Crippen molar-refractivity contribution in [2.24, 2.45) is 0 Å². The summed E-state index contributed by atoms with van der Waals surface area (Å²) in [5.41, 5.74) is 0. The zero-order valence-corrected chi connectivity index (χ0v) is 4.85. The third-order valence-corrected chi connectivity index (χ3v) is 1.26. The molecule has 0 atom stereocenters. The highest BCUT2D eigenvalue weighted by atomic mass is 32.2. The molecule has 2 nitrogen and oxygen atoms in total. The first-order valence-corrected chi connectivity index (χ1v) is 3.16. The van der Waals surface area contributed by atoms with Crippen LogP contribution in [-0.2, 0) is 0 Å². The van der Waals surface area contributed by atoms with Crippen molar-refractivity contribution in [2.75, 3.05) is 6.26 Å². The zero-order chi connectivity index (χ0) is 5.11. The van der Waals surface area contributed by atoms with E-state index in [2.05, 4.69) is 5.10 Å². The van der Waals surface area contributed by atoms with Gasteiger partial charge in [0.2, 0.25) is 0 Å². The van der Waals surface area contributed by atoms with Crippen LogP contribution in [0.2, 0.25) is 0 Å². The van der Waals surface area contributed by atoms with Gasteiger partial charge in [-0.1, -0.05) is 0 Å². The van der Waals surface area contributed by atoms with E-state index >= 15 is 0 Å². The van der Waals surface area contributed by atoms with Crippen molar-refractivity contribution in [3.05, 3.63) is 18.5 Å². The molecule has 1 heterocycles. The first-order chi connectivity index (χ1) is 3.43. The summed E-state index contributed by atoms with van der Waals surface area (Å²) in [5.74, 6) is 0. The van der Waals surface area contributed by atoms with Gasteiger partial charge in [0.25, 0.3) is 0 Å². The van der Waals surface area contributed by atoms with Crippen LogP contribution >= 0.6 is 11.9 Å². The van der Waals surface area contributed by atoms with Gasteiger partial charge in [-0.2, -0.15) is 5.10 Å². The third kappa shape index (κ3) is 0.962. The van der Waals surface area contributed by atoms with Gasteiger partial charge in [-0.3, -0.25) is 0 Å². The average molecular weight is 114 g/mol. The average Bonchev–Trinajstić information content (AvgIpc) is 2.14. The molecule has 0 N–H and O–H groups in total. The van der Waals surface area contributed by atoms with Crippen LogP contribution in [0.5, 0.6) is 0 Å². The molecule has 0 aliphatic rings. The number of hydrogen-bond donors (Lipinski definition) is 0. The Kier molecular flexibility index (Phi) is 1.36. The minimum Gasteiger partial charge on any atom is -0.214 e. The van der Waals surface area contributed by atoms with E-state index in [0.29, 0.717) is 0 Å². The summed E-state index contributed by atoms with van der Waals surface area (Å²) >= 11 is 1.58. The predicted molar refractivity (Wildman–Crippen MR) is 31.1 cm³/mol. The lowest BCUT2D eigenvalue weighted by Crippen LogP contribution is -1.80. The van der Waals surface area contributed by atoms with Gasteiger partial charge in [0.1, 0.15) is 0 Å². The molecule has 0 unspecified atom stereocenters. The highest BCUT2D eigenvalue weighted by Crippen LogP contribution is 1.94. The van der Waals surface area contributed by atoms with Crippen LogP contribution in [-0.4, -0.2) is 15.4 Å². The summed E-state index contributed by atoms with van der Waals surface area (Å²) in [6.07, 6.45) is 5.65. The molecule has 0 aliphatic heterocycles. The highest BCUT2D eigenvalue weighted by molar-refractivity contribution is 7.97. The van der Waals surface area contributed by atoms with Crippen LogP contribution in [0, 0.1) is 0 Å². The van der Waals surface area contributed by atoms with Gasteiger partial charge in [0, 0.05) is 18.6 Å². The van der Waals surface area contributed by atoms with Crippen molar-refractivity contribution in [1.82, 2.24) is 9.19 Å². The lowest BCUT2D eigenvalue weighted by Gasteiger charge is -1.86. The molecular formula is C4H6N2S. The van der Waals surface area contributed by atoms with Crippen molar-refractivity contribution in [3.8, 4) is 0 Å². The fourth-order valence-corrected chi connectivity index (χ4v) is 0.704. The van der Waals surface area contributed by atoms with E-state index < -0.39 is 0 Å². The fourth-order valence-electron chi connectivity index (χ4n) is 0.363. The molecule has 0 aromatic carbocycles. The molecule has 0 radical (unpaired) electrons. The first kappa shape index (κ1) is 4.71. The smallest absolute Gasteiger partial charge is 0.0500 e. The molecule has 0 saturated carbocycles. The van der Waals surface area contributed by atoms with E-state index in [9.17, 15) is 0 Å². The fraction of sp³-hybridized carbons (Fsp3) is 0.250. The Morgan fingerprint density at radius 1 is 1.71 bits per heavy atom. The largest absolute Gasteiger partial charge is 0.214 e. The monoisotopic (exact) mass is 114 g/mol. The second-order valence-corrected chi connectivity index (χ2v) is 1.83. The van der Waals surface area contributed by atoms with Crippen LogP contribution in [0.3, 0.4) is 0 Å². The minimum atomic E-state index is 1.58. The molecule has 0 aliphatic carbocycles. The van der Waals surface area contributed by atoms with Gasteiger partial charge in [-0.15, -0.1) is 0 Å². The summed E-state index contributed by atoms with van der Waals surface area (Å²) < 4.78 is 1.79. The van der Waals surface area contributed by atoms with Crippen molar-refractivity contribution >= 4 is 11.9 Å². The summed E-state index contributed by atoms with van der Waals surface area (Å²) in [7, 11) is 0. The van der Waals surface area contributed by atoms with E-state index in [0.717, 1.165) is 0 Å². The third-order valence-electron chi connectivity index (χ3n) is 0.667. The van der Waals surface area contributed by atoms with E-state index in [1.807, 2.05) is 18.5 Å². The molecule has 0 fully saturated rings. The number of hydrogen-bond acceptors (Lipinski definition) is 2. The van der Waals surface area contributed by atoms with Gasteiger partial charge in [-0.05, 0) is 18.0 Å². The Labute approximate surface area is 46.7 Å². The molecule has 0 spiro atoms. The number of aromatic nitrogens is 2. The Balaban J connectivity index is 2.76. The molecule has 0 amide bonds. The molecule has 38 valence electrons.